The molecule has 1 aliphatic rings. The summed E-state index contributed by atoms with van der Waals surface area (Å²) < 4.78 is 16.9. The molecule has 1 aliphatic heterocycles. The normalized spacial score (nSPS) is 17.7. The van der Waals surface area contributed by atoms with Crippen LogP contribution in [-0.2, 0) is 9.53 Å². The number of esters is 1. The second-order valence-electron chi connectivity index (χ2n) is 3.42. The molecule has 1 unspecified atom stereocenters. The molecule has 1 saturated heterocycles. The van der Waals surface area contributed by atoms with Crippen molar-refractivity contribution in [3.05, 3.63) is 14.4 Å². The summed E-state index contributed by atoms with van der Waals surface area (Å²) in [7, 11) is 0. The van der Waals surface area contributed by atoms with Crippen molar-refractivity contribution < 1.29 is 19.0 Å². The molecular formula is C10H9BrINO4. The van der Waals surface area contributed by atoms with E-state index in [1.165, 1.54) is 6.92 Å². The van der Waals surface area contributed by atoms with Crippen molar-refractivity contribution in [2.45, 2.75) is 13.0 Å². The molecule has 2 heterocycles. The predicted octanol–water partition coefficient (Wildman–Crippen LogP) is 2.15. The molecule has 92 valence electrons. The molecule has 1 fully saturated rings. The molecule has 17 heavy (non-hydrogen) atoms. The number of nitrogens with zero attached hydrogens (tertiary/aromatic N) is 1. The fourth-order valence-electron chi connectivity index (χ4n) is 1.15. The van der Waals surface area contributed by atoms with Crippen LogP contribution in [-0.4, -0.2) is 30.3 Å². The van der Waals surface area contributed by atoms with Crippen LogP contribution in [0.15, 0.2) is 10.7 Å². The Hall–Kier alpha value is -0.410. The van der Waals surface area contributed by atoms with E-state index in [-0.39, 0.29) is 6.10 Å². The van der Waals surface area contributed by atoms with E-state index < -0.39 is 5.97 Å². The molecule has 2 rings (SSSR count). The van der Waals surface area contributed by atoms with Crippen LogP contribution in [0.4, 0.5) is 0 Å². The first-order chi connectivity index (χ1) is 8.06. The summed E-state index contributed by atoms with van der Waals surface area (Å²) in [5.74, 6) is 0.395. The minimum atomic E-state index is -0.397. The third-order valence-electron chi connectivity index (χ3n) is 1.94. The molecule has 1 aromatic rings. The maximum Gasteiger partial charge on any atom is 0.308 e. The number of halogens is 2. The average molecular weight is 414 g/mol. The number of ether oxygens (including phenoxy) is 3. The summed E-state index contributed by atoms with van der Waals surface area (Å²) in [4.78, 5) is 15.2. The molecule has 0 aliphatic carbocycles. The first kappa shape index (κ1) is 13.0. The molecule has 1 aromatic heterocycles. The van der Waals surface area contributed by atoms with Crippen molar-refractivity contribution in [3.8, 4) is 11.5 Å². The van der Waals surface area contributed by atoms with Crippen LogP contribution < -0.4 is 9.47 Å². The van der Waals surface area contributed by atoms with E-state index in [0.29, 0.717) is 33.0 Å². The zero-order valence-corrected chi connectivity index (χ0v) is 12.6. The van der Waals surface area contributed by atoms with Gasteiger partial charge in [-0.2, -0.15) is 0 Å². The highest BCUT2D eigenvalue weighted by molar-refractivity contribution is 14.1. The zero-order valence-electron chi connectivity index (χ0n) is 8.91. The van der Waals surface area contributed by atoms with Gasteiger partial charge in [0, 0.05) is 13.0 Å². The quantitative estimate of drug-likeness (QED) is 0.327. The van der Waals surface area contributed by atoms with Gasteiger partial charge in [-0.05, 0) is 38.5 Å². The monoisotopic (exact) mass is 413 g/mol. The van der Waals surface area contributed by atoms with Gasteiger partial charge in [-0.3, -0.25) is 4.79 Å². The molecule has 5 nitrogen and oxygen atoms in total. The van der Waals surface area contributed by atoms with Gasteiger partial charge in [0.1, 0.15) is 16.4 Å². The lowest BCUT2D eigenvalue weighted by atomic mass is 10.4. The summed E-state index contributed by atoms with van der Waals surface area (Å²) in [6.45, 7) is 2.47. The van der Waals surface area contributed by atoms with E-state index in [1.54, 1.807) is 6.07 Å². The summed E-state index contributed by atoms with van der Waals surface area (Å²) >= 11 is 5.32. The Labute approximate surface area is 120 Å². The second kappa shape index (κ2) is 5.49. The van der Waals surface area contributed by atoms with Crippen molar-refractivity contribution in [3.63, 3.8) is 0 Å². The van der Waals surface area contributed by atoms with Crippen molar-refractivity contribution >= 4 is 44.5 Å². The number of carbonyl (C=O) groups excluding carboxylic acids is 1. The van der Waals surface area contributed by atoms with Gasteiger partial charge in [-0.15, -0.1) is 0 Å². The molecule has 0 aromatic carbocycles. The first-order valence-corrected chi connectivity index (χ1v) is 6.72. The maximum atomic E-state index is 11.0. The fourth-order valence-corrected chi connectivity index (χ4v) is 2.51. The van der Waals surface area contributed by atoms with Gasteiger partial charge in [-0.1, -0.05) is 0 Å². The first-order valence-electron chi connectivity index (χ1n) is 4.85. The Balaban J connectivity index is 2.21. The fraction of sp³-hybridized carbons (Fsp3) is 0.400. The largest absolute Gasteiger partial charge is 0.484 e. The summed E-state index contributed by atoms with van der Waals surface area (Å²) in [6, 6.07) is 1.65. The lowest BCUT2D eigenvalue weighted by Gasteiger charge is -2.11. The van der Waals surface area contributed by atoms with E-state index in [2.05, 4.69) is 20.9 Å². The highest BCUT2D eigenvalue weighted by atomic mass is 127. The number of hydrogen-bond acceptors (Lipinski definition) is 5. The number of rotatable bonds is 4. The van der Waals surface area contributed by atoms with Gasteiger partial charge in [0.25, 0.3) is 0 Å². The number of hydrogen-bond donors (Lipinski definition) is 0. The third-order valence-corrected chi connectivity index (χ3v) is 3.03. The van der Waals surface area contributed by atoms with E-state index >= 15 is 0 Å². The molecule has 7 heteroatoms. The number of aromatic nitrogens is 1. The van der Waals surface area contributed by atoms with Crippen LogP contribution >= 0.6 is 38.5 Å². The zero-order chi connectivity index (χ0) is 12.4. The van der Waals surface area contributed by atoms with Crippen molar-refractivity contribution in [2.24, 2.45) is 0 Å². The van der Waals surface area contributed by atoms with Crippen LogP contribution in [0.2, 0.25) is 0 Å². The maximum absolute atomic E-state index is 11.0. The van der Waals surface area contributed by atoms with Gasteiger partial charge >= 0.3 is 5.97 Å². The molecule has 0 radical (unpaired) electrons. The second-order valence-corrected chi connectivity index (χ2v) is 5.28. The van der Waals surface area contributed by atoms with Gasteiger partial charge in [0.05, 0.1) is 6.61 Å². The predicted molar refractivity (Wildman–Crippen MR) is 71.2 cm³/mol. The highest BCUT2D eigenvalue weighted by Gasteiger charge is 2.25. The Kier molecular flexibility index (Phi) is 4.21. The molecule has 1 atom stereocenters. The SMILES string of the molecule is CC(=O)Oc1cc(I)nc(Br)c1OCC1CO1. The van der Waals surface area contributed by atoms with Crippen LogP contribution in [0, 0.1) is 3.70 Å². The van der Waals surface area contributed by atoms with Crippen molar-refractivity contribution in [1.82, 2.24) is 4.98 Å². The molecule has 0 saturated carbocycles. The van der Waals surface area contributed by atoms with E-state index in [9.17, 15) is 4.79 Å². The minimum absolute atomic E-state index is 0.131. The van der Waals surface area contributed by atoms with E-state index in [4.69, 9.17) is 14.2 Å². The van der Waals surface area contributed by atoms with Crippen molar-refractivity contribution in [1.29, 1.82) is 0 Å². The number of pyridine rings is 1. The Morgan fingerprint density at radius 2 is 2.47 bits per heavy atom. The van der Waals surface area contributed by atoms with Gasteiger partial charge in [-0.25, -0.2) is 4.98 Å². The van der Waals surface area contributed by atoms with Crippen LogP contribution in [0.25, 0.3) is 0 Å². The highest BCUT2D eigenvalue weighted by Crippen LogP contribution is 2.35. The lowest BCUT2D eigenvalue weighted by molar-refractivity contribution is -0.132. The van der Waals surface area contributed by atoms with Gasteiger partial charge in [0.15, 0.2) is 16.1 Å². The average Bonchev–Trinajstić information content (AvgIpc) is 2.98. The van der Waals surface area contributed by atoms with E-state index in [1.807, 2.05) is 22.6 Å². The van der Waals surface area contributed by atoms with Crippen LogP contribution in [0.5, 0.6) is 11.5 Å². The third kappa shape index (κ3) is 3.78. The Morgan fingerprint density at radius 1 is 1.76 bits per heavy atom. The number of carbonyl (C=O) groups is 1. The van der Waals surface area contributed by atoms with Crippen LogP contribution in [0.1, 0.15) is 6.92 Å². The van der Waals surface area contributed by atoms with E-state index in [0.717, 1.165) is 0 Å². The van der Waals surface area contributed by atoms with Crippen LogP contribution in [0.3, 0.4) is 0 Å². The minimum Gasteiger partial charge on any atom is -0.484 e. The Bertz CT molecular complexity index is 450. The van der Waals surface area contributed by atoms with Gasteiger partial charge < -0.3 is 14.2 Å². The van der Waals surface area contributed by atoms with Crippen molar-refractivity contribution in [2.75, 3.05) is 13.2 Å². The summed E-state index contributed by atoms with van der Waals surface area (Å²) in [5, 5.41) is 0. The smallest absolute Gasteiger partial charge is 0.308 e. The van der Waals surface area contributed by atoms with Gasteiger partial charge in [0.2, 0.25) is 0 Å². The molecule has 0 amide bonds. The topological polar surface area (TPSA) is 61.0 Å². The molecule has 0 N–H and O–H groups in total. The number of epoxide rings is 1. The molecule has 0 spiro atoms. The molecule has 0 bridgehead atoms. The lowest BCUT2D eigenvalue weighted by Crippen LogP contribution is -2.09. The summed E-state index contributed by atoms with van der Waals surface area (Å²) in [5.41, 5.74) is 0. The molecular weight excluding hydrogens is 405 g/mol. The summed E-state index contributed by atoms with van der Waals surface area (Å²) in [6.07, 6.45) is 0.131. The standard InChI is InChI=1S/C10H9BrINO4/c1-5(14)17-7-2-8(12)13-10(11)9(7)16-4-6-3-15-6/h2,6H,3-4H2,1H3. The Morgan fingerprint density at radius 3 is 3.06 bits per heavy atom.